The molecule has 0 bridgehead atoms. The lowest BCUT2D eigenvalue weighted by Crippen LogP contribution is -2.44. The topological polar surface area (TPSA) is 111 Å². The summed E-state index contributed by atoms with van der Waals surface area (Å²) < 4.78 is 22.8. The van der Waals surface area contributed by atoms with Gasteiger partial charge < -0.3 is 33.3 Å². The molecule has 9 nitrogen and oxygen atoms in total. The predicted molar refractivity (Wildman–Crippen MR) is 343 cm³/mol. The number of carbonyl (C=O) groups is 3. The molecule has 0 N–H and O–H groups in total. The minimum absolute atomic E-state index is 0.148. The van der Waals surface area contributed by atoms with Crippen molar-refractivity contribution in [2.75, 3.05) is 47.5 Å². The largest absolute Gasteiger partial charge is 0.545 e. The maximum Gasteiger partial charge on any atom is 0.306 e. The Hall–Kier alpha value is -3.27. The van der Waals surface area contributed by atoms with E-state index in [1.165, 1.54) is 205 Å². The first kappa shape index (κ1) is 77.7. The SMILES string of the molecule is CC/C=C\C/C=C\C/C=C\C/C=C\C/C=C\CCCCCCCCCCCCCCCCCCCCCCCCCC(=O)OC(COC(=O)CCCCCCCCC/C=C\CCCCCCCC)COC(OCC[N+](C)(C)C)C(=O)[O-]. The van der Waals surface area contributed by atoms with E-state index in [1.54, 1.807) is 0 Å². The average Bonchev–Trinajstić information content (AvgIpc) is 3.44. The van der Waals surface area contributed by atoms with E-state index in [1.807, 2.05) is 21.1 Å². The highest BCUT2D eigenvalue weighted by Crippen LogP contribution is 2.18. The molecular weight excluding hydrogens is 1010 g/mol. The van der Waals surface area contributed by atoms with Crippen molar-refractivity contribution in [1.29, 1.82) is 0 Å². The molecule has 0 aromatic rings. The standard InChI is InChI=1S/C72H129NO8/c1-6-8-10-12-14-16-18-20-22-24-25-26-27-28-29-30-31-32-33-34-35-36-37-38-39-40-41-42-43-44-45-47-49-51-53-55-57-59-61-63-70(75)81-68(67-80-72(71(76)77)78-65-64-73(3,4)5)66-79-69(74)62-60-58-56-54-52-50-48-46-23-21-19-17-15-13-11-9-7-2/h8,10,14,16,20-23,25-26,28-29,68,72H,6-7,9,11-13,15,17-19,24,27,30-67H2,1-5H3/b10-8-,16-14-,22-20-,23-21-,26-25-,29-28-. The van der Waals surface area contributed by atoms with E-state index in [0.717, 1.165) is 70.6 Å². The monoisotopic (exact) mass is 1140 g/mol. The number of carboxylic acids is 1. The molecule has 0 radical (unpaired) electrons. The van der Waals surface area contributed by atoms with E-state index >= 15 is 0 Å². The quantitative estimate of drug-likeness (QED) is 0.0195. The number of likely N-dealkylation sites (N-methyl/N-ethyl adjacent to an activating group) is 1. The van der Waals surface area contributed by atoms with Gasteiger partial charge >= 0.3 is 11.9 Å². The zero-order chi connectivity index (χ0) is 59.1. The van der Waals surface area contributed by atoms with Gasteiger partial charge in [0.1, 0.15) is 13.2 Å². The van der Waals surface area contributed by atoms with Gasteiger partial charge in [-0.15, -0.1) is 0 Å². The Morgan fingerprint density at radius 2 is 0.704 bits per heavy atom. The summed E-state index contributed by atoms with van der Waals surface area (Å²) in [5.74, 6) is -2.27. The predicted octanol–water partition coefficient (Wildman–Crippen LogP) is 19.6. The number of unbranched alkanes of at least 4 members (excludes halogenated alkanes) is 36. The molecule has 2 atom stereocenters. The van der Waals surface area contributed by atoms with Gasteiger partial charge in [-0.3, -0.25) is 9.59 Å². The number of esters is 2. The molecule has 2 unspecified atom stereocenters. The van der Waals surface area contributed by atoms with Crippen molar-refractivity contribution in [3.05, 3.63) is 72.9 Å². The molecule has 9 heteroatoms. The van der Waals surface area contributed by atoms with Crippen molar-refractivity contribution in [1.82, 2.24) is 0 Å². The van der Waals surface area contributed by atoms with Crippen LogP contribution in [-0.4, -0.2) is 82.3 Å². The summed E-state index contributed by atoms with van der Waals surface area (Å²) >= 11 is 0. The first-order valence-corrected chi connectivity index (χ1v) is 34.1. The number of rotatable bonds is 63. The summed E-state index contributed by atoms with van der Waals surface area (Å²) in [6.45, 7) is 4.66. The van der Waals surface area contributed by atoms with Crippen LogP contribution in [-0.2, 0) is 33.3 Å². The van der Waals surface area contributed by atoms with Gasteiger partial charge in [0.15, 0.2) is 12.4 Å². The maximum absolute atomic E-state index is 12.9. The summed E-state index contributed by atoms with van der Waals surface area (Å²) in [6, 6.07) is 0. The molecule has 0 heterocycles. The van der Waals surface area contributed by atoms with Crippen LogP contribution >= 0.6 is 0 Å². The van der Waals surface area contributed by atoms with E-state index in [2.05, 4.69) is 86.8 Å². The highest BCUT2D eigenvalue weighted by atomic mass is 16.7. The number of aliphatic carboxylic acids is 1. The van der Waals surface area contributed by atoms with Crippen molar-refractivity contribution >= 4 is 17.9 Å². The first-order chi connectivity index (χ1) is 39.6. The number of carbonyl (C=O) groups excluding carboxylic acids is 3. The van der Waals surface area contributed by atoms with Gasteiger partial charge in [-0.05, 0) is 83.5 Å². The van der Waals surface area contributed by atoms with Crippen molar-refractivity contribution in [3.8, 4) is 0 Å². The average molecular weight is 1140 g/mol. The highest BCUT2D eigenvalue weighted by Gasteiger charge is 2.22. The van der Waals surface area contributed by atoms with E-state index in [9.17, 15) is 19.5 Å². The third-order valence-corrected chi connectivity index (χ3v) is 14.9. The Morgan fingerprint density at radius 1 is 0.383 bits per heavy atom. The molecule has 0 aliphatic carbocycles. The van der Waals surface area contributed by atoms with Crippen LogP contribution < -0.4 is 5.11 Å². The number of hydrogen-bond donors (Lipinski definition) is 0. The fraction of sp³-hybridized carbons (Fsp3) is 0.792. The van der Waals surface area contributed by atoms with Crippen LogP contribution in [0, 0.1) is 0 Å². The second-order valence-electron chi connectivity index (χ2n) is 24.1. The normalized spacial score (nSPS) is 13.1. The van der Waals surface area contributed by atoms with Crippen LogP contribution in [0.4, 0.5) is 0 Å². The smallest absolute Gasteiger partial charge is 0.306 e. The van der Waals surface area contributed by atoms with Crippen molar-refractivity contribution in [3.63, 3.8) is 0 Å². The van der Waals surface area contributed by atoms with Gasteiger partial charge in [0.2, 0.25) is 0 Å². The van der Waals surface area contributed by atoms with Crippen LogP contribution in [0.1, 0.15) is 309 Å². The number of carboxylic acid groups (broad SMARTS) is 1. The van der Waals surface area contributed by atoms with E-state index in [-0.39, 0.29) is 38.6 Å². The molecule has 0 fully saturated rings. The minimum Gasteiger partial charge on any atom is -0.545 e. The zero-order valence-electron chi connectivity index (χ0n) is 53.7. The zero-order valence-corrected chi connectivity index (χ0v) is 53.7. The third kappa shape index (κ3) is 64.1. The van der Waals surface area contributed by atoms with Gasteiger partial charge in [-0.25, -0.2) is 0 Å². The van der Waals surface area contributed by atoms with Gasteiger partial charge in [0.05, 0.1) is 40.3 Å². The minimum atomic E-state index is -1.62. The van der Waals surface area contributed by atoms with Gasteiger partial charge in [0.25, 0.3) is 0 Å². The van der Waals surface area contributed by atoms with Crippen LogP contribution in [0.5, 0.6) is 0 Å². The first-order valence-electron chi connectivity index (χ1n) is 34.1. The molecule has 0 amide bonds. The number of hydrogen-bond acceptors (Lipinski definition) is 8. The molecule has 0 saturated heterocycles. The number of nitrogens with zero attached hydrogens (tertiary/aromatic N) is 1. The van der Waals surface area contributed by atoms with E-state index in [4.69, 9.17) is 18.9 Å². The molecule has 0 aliphatic heterocycles. The lowest BCUT2D eigenvalue weighted by atomic mass is 10.0. The molecule has 0 aromatic carbocycles. The molecule has 0 aromatic heterocycles. The van der Waals surface area contributed by atoms with Crippen molar-refractivity contribution < 1.29 is 42.9 Å². The van der Waals surface area contributed by atoms with Crippen LogP contribution in [0.2, 0.25) is 0 Å². The molecule has 0 rings (SSSR count). The summed E-state index contributed by atoms with van der Waals surface area (Å²) in [7, 11) is 5.93. The Labute approximate surface area is 500 Å². The van der Waals surface area contributed by atoms with Gasteiger partial charge in [0, 0.05) is 12.8 Å². The third-order valence-electron chi connectivity index (χ3n) is 14.9. The highest BCUT2D eigenvalue weighted by molar-refractivity contribution is 5.70. The summed E-state index contributed by atoms with van der Waals surface area (Å²) in [5.41, 5.74) is 0. The Bertz CT molecular complexity index is 1560. The number of allylic oxidation sites excluding steroid dienone is 12. The van der Waals surface area contributed by atoms with Gasteiger partial charge in [-0.2, -0.15) is 0 Å². The van der Waals surface area contributed by atoms with Crippen molar-refractivity contribution in [2.45, 2.75) is 322 Å². The summed E-state index contributed by atoms with van der Waals surface area (Å²) in [5, 5.41) is 11.8. The lowest BCUT2D eigenvalue weighted by molar-refractivity contribution is -0.870. The second kappa shape index (κ2) is 62.8. The lowest BCUT2D eigenvalue weighted by Gasteiger charge is -2.26. The van der Waals surface area contributed by atoms with Crippen molar-refractivity contribution in [2.24, 2.45) is 0 Å². The van der Waals surface area contributed by atoms with Crippen LogP contribution in [0.15, 0.2) is 72.9 Å². The molecule has 0 saturated carbocycles. The molecular formula is C72H129NO8. The molecule has 470 valence electrons. The second-order valence-corrected chi connectivity index (χ2v) is 24.1. The molecule has 81 heavy (non-hydrogen) atoms. The fourth-order valence-corrected chi connectivity index (χ4v) is 9.74. The number of ether oxygens (including phenoxy) is 4. The number of quaternary nitrogens is 1. The maximum atomic E-state index is 12.9. The van der Waals surface area contributed by atoms with E-state index < -0.39 is 24.3 Å². The van der Waals surface area contributed by atoms with E-state index in [0.29, 0.717) is 17.4 Å². The summed E-state index contributed by atoms with van der Waals surface area (Å²) in [4.78, 5) is 37.4. The molecule has 0 aliphatic rings. The Morgan fingerprint density at radius 3 is 1.06 bits per heavy atom. The van der Waals surface area contributed by atoms with Crippen LogP contribution in [0.25, 0.3) is 0 Å². The van der Waals surface area contributed by atoms with Crippen LogP contribution in [0.3, 0.4) is 0 Å². The summed E-state index contributed by atoms with van der Waals surface area (Å²) in [6.07, 6.45) is 79.9. The fourth-order valence-electron chi connectivity index (χ4n) is 9.74. The molecule has 0 spiro atoms. The van der Waals surface area contributed by atoms with Gasteiger partial charge in [-0.1, -0.05) is 286 Å². The Balaban J connectivity index is 3.99. The Kier molecular flexibility index (Phi) is 60.2.